The van der Waals surface area contributed by atoms with Crippen LogP contribution in [-0.4, -0.2) is 23.5 Å². The van der Waals surface area contributed by atoms with Crippen LogP contribution in [0.15, 0.2) is 4.99 Å². The van der Waals surface area contributed by atoms with E-state index < -0.39 is 0 Å². The molecule has 0 amide bonds. The molecular weight excluding hydrogens is 228 g/mol. The maximum absolute atomic E-state index is 4.85. The van der Waals surface area contributed by atoms with Gasteiger partial charge in [0.25, 0.3) is 0 Å². The van der Waals surface area contributed by atoms with E-state index >= 15 is 0 Å². The van der Waals surface area contributed by atoms with E-state index in [2.05, 4.69) is 19.2 Å². The molecule has 2 nitrogen and oxygen atoms in total. The van der Waals surface area contributed by atoms with Gasteiger partial charge in [-0.2, -0.15) is 0 Å². The summed E-state index contributed by atoms with van der Waals surface area (Å²) in [5.41, 5.74) is 0. The lowest BCUT2D eigenvalue weighted by atomic mass is 9.98. The number of aliphatic imine (C=N–C) groups is 1. The van der Waals surface area contributed by atoms with E-state index in [1.807, 2.05) is 11.8 Å². The van der Waals surface area contributed by atoms with Crippen molar-refractivity contribution in [1.29, 1.82) is 0 Å². The monoisotopic (exact) mass is 252 g/mol. The summed E-state index contributed by atoms with van der Waals surface area (Å²) < 4.78 is 0. The Balaban J connectivity index is 1.52. The van der Waals surface area contributed by atoms with Crippen LogP contribution in [0.4, 0.5) is 0 Å². The third-order valence-corrected chi connectivity index (χ3v) is 5.46. The second-order valence-electron chi connectivity index (χ2n) is 6.29. The Morgan fingerprint density at radius 3 is 2.35 bits per heavy atom. The highest BCUT2D eigenvalue weighted by Crippen LogP contribution is 2.49. The first kappa shape index (κ1) is 11.9. The van der Waals surface area contributed by atoms with Crippen molar-refractivity contribution in [1.82, 2.24) is 5.32 Å². The van der Waals surface area contributed by atoms with Gasteiger partial charge in [-0.25, -0.2) is 0 Å². The van der Waals surface area contributed by atoms with Crippen LogP contribution in [0.3, 0.4) is 0 Å². The highest BCUT2D eigenvalue weighted by atomic mass is 32.2. The normalized spacial score (nSPS) is 31.5. The van der Waals surface area contributed by atoms with Gasteiger partial charge in [0, 0.05) is 18.3 Å². The lowest BCUT2D eigenvalue weighted by Crippen LogP contribution is -2.31. The van der Waals surface area contributed by atoms with E-state index in [4.69, 9.17) is 4.99 Å². The number of rotatable bonds is 5. The molecule has 1 saturated heterocycles. The molecule has 96 valence electrons. The molecule has 3 fully saturated rings. The molecular formula is C14H24N2S. The van der Waals surface area contributed by atoms with Gasteiger partial charge in [-0.15, -0.1) is 0 Å². The van der Waals surface area contributed by atoms with Gasteiger partial charge in [0.05, 0.1) is 0 Å². The minimum absolute atomic E-state index is 0.638. The van der Waals surface area contributed by atoms with Gasteiger partial charge in [-0.3, -0.25) is 4.99 Å². The molecule has 3 heteroatoms. The van der Waals surface area contributed by atoms with Crippen molar-refractivity contribution < 1.29 is 0 Å². The van der Waals surface area contributed by atoms with E-state index in [1.165, 1.54) is 36.6 Å². The van der Waals surface area contributed by atoms with Crippen molar-refractivity contribution in [2.24, 2.45) is 28.7 Å². The van der Waals surface area contributed by atoms with Crippen molar-refractivity contribution in [3.63, 3.8) is 0 Å². The number of nitrogens with one attached hydrogen (secondary N) is 1. The van der Waals surface area contributed by atoms with Crippen LogP contribution in [0.1, 0.15) is 39.5 Å². The van der Waals surface area contributed by atoms with E-state index in [9.17, 15) is 0 Å². The van der Waals surface area contributed by atoms with Gasteiger partial charge >= 0.3 is 0 Å². The fraction of sp³-hybridized carbons (Fsp3) is 0.929. The Labute approximate surface area is 109 Å². The zero-order valence-electron chi connectivity index (χ0n) is 11.0. The predicted molar refractivity (Wildman–Crippen MR) is 75.5 cm³/mol. The van der Waals surface area contributed by atoms with Gasteiger partial charge in [0.15, 0.2) is 5.17 Å². The summed E-state index contributed by atoms with van der Waals surface area (Å²) in [5, 5.41) is 4.79. The molecule has 0 aromatic rings. The maximum atomic E-state index is 4.85. The van der Waals surface area contributed by atoms with Crippen LogP contribution < -0.4 is 5.32 Å². The predicted octanol–water partition coefficient (Wildman–Crippen LogP) is 3.14. The zero-order chi connectivity index (χ0) is 11.8. The molecule has 0 unspecified atom stereocenters. The van der Waals surface area contributed by atoms with Crippen LogP contribution in [0.25, 0.3) is 0 Å². The lowest BCUT2D eigenvalue weighted by molar-refractivity contribution is 0.417. The highest BCUT2D eigenvalue weighted by Gasteiger charge is 2.41. The quantitative estimate of drug-likeness (QED) is 0.813. The number of amidine groups is 1. The molecule has 0 radical (unpaired) electrons. The molecule has 0 aromatic heterocycles. The van der Waals surface area contributed by atoms with Gasteiger partial charge in [-0.1, -0.05) is 25.6 Å². The molecule has 0 aromatic carbocycles. The fourth-order valence-corrected chi connectivity index (χ4v) is 3.99. The first-order valence-corrected chi connectivity index (χ1v) is 8.16. The van der Waals surface area contributed by atoms with Crippen LogP contribution in [-0.2, 0) is 0 Å². The molecule has 1 N–H and O–H groups in total. The van der Waals surface area contributed by atoms with E-state index in [1.54, 1.807) is 0 Å². The van der Waals surface area contributed by atoms with Gasteiger partial charge < -0.3 is 5.32 Å². The van der Waals surface area contributed by atoms with Gasteiger partial charge in [0.1, 0.15) is 0 Å². The summed E-state index contributed by atoms with van der Waals surface area (Å²) in [6.45, 7) is 5.67. The molecule has 1 aliphatic heterocycles. The first-order valence-electron chi connectivity index (χ1n) is 7.18. The smallest absolute Gasteiger partial charge is 0.156 e. The Kier molecular flexibility index (Phi) is 3.38. The number of hydrogen-bond donors (Lipinski definition) is 1. The molecule has 2 aliphatic carbocycles. The Morgan fingerprint density at radius 2 is 1.88 bits per heavy atom. The zero-order valence-corrected chi connectivity index (χ0v) is 11.8. The second-order valence-corrected chi connectivity index (χ2v) is 7.30. The molecule has 2 saturated carbocycles. The molecule has 1 atom stereocenters. The standard InChI is InChI=1S/C14H24N2S/c1-9(2)13-8-17-14(16-13)15-7-12(10-3-4-10)11-5-6-11/h9-13H,3-8H2,1-2H3,(H,15,16)/t13-/m1/s1. The maximum Gasteiger partial charge on any atom is 0.156 e. The van der Waals surface area contributed by atoms with Crippen molar-refractivity contribution in [2.75, 3.05) is 12.3 Å². The van der Waals surface area contributed by atoms with Crippen molar-refractivity contribution in [3.05, 3.63) is 0 Å². The minimum atomic E-state index is 0.638. The van der Waals surface area contributed by atoms with E-state index in [0.717, 1.165) is 30.2 Å². The summed E-state index contributed by atoms with van der Waals surface area (Å²) in [6.07, 6.45) is 5.89. The third-order valence-electron chi connectivity index (χ3n) is 4.41. The lowest BCUT2D eigenvalue weighted by Gasteiger charge is -2.14. The second kappa shape index (κ2) is 4.83. The number of hydrogen-bond acceptors (Lipinski definition) is 2. The summed E-state index contributed by atoms with van der Waals surface area (Å²) in [4.78, 5) is 4.85. The van der Waals surface area contributed by atoms with Crippen LogP contribution >= 0.6 is 11.8 Å². The summed E-state index contributed by atoms with van der Waals surface area (Å²) >= 11 is 1.92. The minimum Gasteiger partial charge on any atom is -0.361 e. The van der Waals surface area contributed by atoms with Gasteiger partial charge in [0.2, 0.25) is 0 Å². The van der Waals surface area contributed by atoms with E-state index in [-0.39, 0.29) is 0 Å². The summed E-state index contributed by atoms with van der Waals surface area (Å²) in [7, 11) is 0. The van der Waals surface area contributed by atoms with Crippen LogP contribution in [0.2, 0.25) is 0 Å². The van der Waals surface area contributed by atoms with E-state index in [0.29, 0.717) is 6.04 Å². The van der Waals surface area contributed by atoms with Crippen LogP contribution in [0.5, 0.6) is 0 Å². The average molecular weight is 252 g/mol. The molecule has 3 rings (SSSR count). The number of thioether (sulfide) groups is 1. The third kappa shape index (κ3) is 2.98. The van der Waals surface area contributed by atoms with Gasteiger partial charge in [-0.05, 0) is 49.4 Å². The van der Waals surface area contributed by atoms with Crippen molar-refractivity contribution >= 4 is 16.9 Å². The first-order chi connectivity index (χ1) is 8.24. The Bertz CT molecular complexity index is 293. The SMILES string of the molecule is CC(C)[C@H]1CSC(=NCC(C2CC2)C2CC2)N1. The van der Waals surface area contributed by atoms with Crippen LogP contribution in [0, 0.1) is 23.7 Å². The molecule has 17 heavy (non-hydrogen) atoms. The molecule has 0 spiro atoms. The molecule has 0 bridgehead atoms. The largest absolute Gasteiger partial charge is 0.361 e. The number of nitrogens with zero attached hydrogens (tertiary/aromatic N) is 1. The highest BCUT2D eigenvalue weighted by molar-refractivity contribution is 8.14. The average Bonchev–Trinajstić information content (AvgIpc) is 3.20. The summed E-state index contributed by atoms with van der Waals surface area (Å²) in [5.74, 6) is 4.90. The van der Waals surface area contributed by atoms with Crippen molar-refractivity contribution in [3.8, 4) is 0 Å². The molecule has 3 aliphatic rings. The Hall–Kier alpha value is -0.180. The summed E-state index contributed by atoms with van der Waals surface area (Å²) in [6, 6.07) is 0.638. The van der Waals surface area contributed by atoms with Crippen molar-refractivity contribution in [2.45, 2.75) is 45.6 Å². The topological polar surface area (TPSA) is 24.4 Å². The molecule has 1 heterocycles. The Morgan fingerprint density at radius 1 is 1.24 bits per heavy atom. The fourth-order valence-electron chi connectivity index (χ4n) is 2.78.